The molecule has 0 fully saturated rings. The SMILES string of the molecule is Cc1cc(C(O)C2COc3ccccc32)sc1Cl. The lowest BCUT2D eigenvalue weighted by Gasteiger charge is -2.15. The Morgan fingerprint density at radius 1 is 1.44 bits per heavy atom. The van der Waals surface area contributed by atoms with E-state index >= 15 is 0 Å². The van der Waals surface area contributed by atoms with Gasteiger partial charge in [-0.3, -0.25) is 0 Å². The number of ether oxygens (including phenoxy) is 1. The van der Waals surface area contributed by atoms with Crippen LogP contribution < -0.4 is 4.74 Å². The minimum atomic E-state index is -0.551. The molecule has 3 rings (SSSR count). The van der Waals surface area contributed by atoms with Crippen LogP contribution in [0.2, 0.25) is 4.34 Å². The highest BCUT2D eigenvalue weighted by atomic mass is 35.5. The summed E-state index contributed by atoms with van der Waals surface area (Å²) in [5.41, 5.74) is 2.09. The second-order valence-corrected chi connectivity index (χ2v) is 6.19. The number of rotatable bonds is 2. The van der Waals surface area contributed by atoms with Gasteiger partial charge in [0.2, 0.25) is 0 Å². The fourth-order valence-electron chi connectivity index (χ4n) is 2.28. The highest BCUT2D eigenvalue weighted by Crippen LogP contribution is 2.43. The lowest BCUT2D eigenvalue weighted by Crippen LogP contribution is -2.11. The third-order valence-electron chi connectivity index (χ3n) is 3.29. The molecule has 1 aliphatic rings. The van der Waals surface area contributed by atoms with E-state index in [2.05, 4.69) is 0 Å². The predicted octanol–water partition coefficient (Wildman–Crippen LogP) is 3.92. The molecule has 2 unspecified atom stereocenters. The summed E-state index contributed by atoms with van der Waals surface area (Å²) in [6, 6.07) is 9.82. The van der Waals surface area contributed by atoms with Crippen molar-refractivity contribution in [2.75, 3.05) is 6.61 Å². The molecule has 0 bridgehead atoms. The molecule has 0 amide bonds. The van der Waals surface area contributed by atoms with Gasteiger partial charge >= 0.3 is 0 Å². The van der Waals surface area contributed by atoms with E-state index in [1.54, 1.807) is 0 Å². The molecule has 2 heterocycles. The molecule has 4 heteroatoms. The summed E-state index contributed by atoms with van der Waals surface area (Å²) in [7, 11) is 0. The van der Waals surface area contributed by atoms with Crippen molar-refractivity contribution in [2.24, 2.45) is 0 Å². The zero-order valence-corrected chi connectivity index (χ0v) is 11.5. The van der Waals surface area contributed by atoms with E-state index in [1.165, 1.54) is 11.3 Å². The first-order valence-electron chi connectivity index (χ1n) is 5.82. The summed E-state index contributed by atoms with van der Waals surface area (Å²) in [6.45, 7) is 2.48. The summed E-state index contributed by atoms with van der Waals surface area (Å²) in [4.78, 5) is 0.905. The van der Waals surface area contributed by atoms with E-state index in [9.17, 15) is 5.11 Å². The quantitative estimate of drug-likeness (QED) is 0.903. The third kappa shape index (κ3) is 1.92. The molecule has 0 radical (unpaired) electrons. The van der Waals surface area contributed by atoms with E-state index in [1.807, 2.05) is 37.3 Å². The highest BCUT2D eigenvalue weighted by molar-refractivity contribution is 7.16. The van der Waals surface area contributed by atoms with Gasteiger partial charge in [-0.25, -0.2) is 0 Å². The lowest BCUT2D eigenvalue weighted by atomic mass is 9.94. The molecule has 0 saturated heterocycles. The number of fused-ring (bicyclic) bond motifs is 1. The van der Waals surface area contributed by atoms with Crippen LogP contribution in [-0.2, 0) is 0 Å². The van der Waals surface area contributed by atoms with E-state index < -0.39 is 6.10 Å². The maximum atomic E-state index is 10.5. The van der Waals surface area contributed by atoms with E-state index in [-0.39, 0.29) is 5.92 Å². The second-order valence-electron chi connectivity index (χ2n) is 4.51. The molecular formula is C14H13ClO2S. The molecule has 1 aromatic heterocycles. The molecule has 0 saturated carbocycles. The molecule has 1 aromatic carbocycles. The number of para-hydroxylation sites is 1. The van der Waals surface area contributed by atoms with Gasteiger partial charge in [0.25, 0.3) is 0 Å². The molecule has 1 N–H and O–H groups in total. The fraction of sp³-hybridized carbons (Fsp3) is 0.286. The van der Waals surface area contributed by atoms with Crippen LogP contribution in [0, 0.1) is 6.92 Å². The number of thiophene rings is 1. The molecule has 94 valence electrons. The van der Waals surface area contributed by atoms with Crippen LogP contribution in [0.1, 0.15) is 28.0 Å². The number of hydrogen-bond donors (Lipinski definition) is 1. The van der Waals surface area contributed by atoms with E-state index in [4.69, 9.17) is 16.3 Å². The fourth-order valence-corrected chi connectivity index (χ4v) is 3.55. The van der Waals surface area contributed by atoms with Crippen molar-refractivity contribution in [1.82, 2.24) is 0 Å². The summed E-state index contributed by atoms with van der Waals surface area (Å²) in [5, 5.41) is 10.5. The van der Waals surface area contributed by atoms with Crippen molar-refractivity contribution in [1.29, 1.82) is 0 Å². The average Bonchev–Trinajstić information content (AvgIpc) is 2.93. The minimum Gasteiger partial charge on any atom is -0.493 e. The minimum absolute atomic E-state index is 0.00434. The number of aryl methyl sites for hydroxylation is 1. The van der Waals surface area contributed by atoms with Gasteiger partial charge in [-0.05, 0) is 24.6 Å². The zero-order valence-electron chi connectivity index (χ0n) is 9.89. The normalized spacial score (nSPS) is 19.4. The molecule has 1 aliphatic heterocycles. The monoisotopic (exact) mass is 280 g/mol. The molecule has 2 nitrogen and oxygen atoms in total. The van der Waals surface area contributed by atoms with Crippen LogP contribution in [0.5, 0.6) is 5.75 Å². The molecule has 0 aliphatic carbocycles. The first-order valence-corrected chi connectivity index (χ1v) is 7.02. The first kappa shape index (κ1) is 12.0. The standard InChI is InChI=1S/C14H13ClO2S/c1-8-6-12(18-14(8)15)13(16)10-7-17-11-5-3-2-4-9(10)11/h2-6,10,13,16H,7H2,1H3. The Hall–Kier alpha value is -1.03. The van der Waals surface area contributed by atoms with Crippen molar-refractivity contribution in [3.8, 4) is 5.75 Å². The smallest absolute Gasteiger partial charge is 0.123 e. The Bertz CT molecular complexity index is 559. The van der Waals surface area contributed by atoms with Gasteiger partial charge in [-0.2, -0.15) is 0 Å². The topological polar surface area (TPSA) is 29.5 Å². The Kier molecular flexibility index (Phi) is 3.06. The van der Waals surface area contributed by atoms with Gasteiger partial charge in [0.1, 0.15) is 5.75 Å². The first-order chi connectivity index (χ1) is 8.66. The molecule has 0 spiro atoms. The van der Waals surface area contributed by atoms with E-state index in [0.29, 0.717) is 6.61 Å². The lowest BCUT2D eigenvalue weighted by molar-refractivity contribution is 0.133. The van der Waals surface area contributed by atoms with Crippen LogP contribution >= 0.6 is 22.9 Å². The predicted molar refractivity (Wildman–Crippen MR) is 73.7 cm³/mol. The highest BCUT2D eigenvalue weighted by Gasteiger charge is 2.32. The Morgan fingerprint density at radius 2 is 2.22 bits per heavy atom. The summed E-state index contributed by atoms with van der Waals surface area (Å²) < 4.78 is 6.35. The van der Waals surface area contributed by atoms with Crippen LogP contribution in [0.15, 0.2) is 30.3 Å². The summed E-state index contributed by atoms with van der Waals surface area (Å²) >= 11 is 7.50. The second kappa shape index (κ2) is 4.57. The van der Waals surface area contributed by atoms with Crippen LogP contribution in [0.3, 0.4) is 0 Å². The number of hydrogen-bond acceptors (Lipinski definition) is 3. The van der Waals surface area contributed by atoms with Gasteiger partial charge in [-0.15, -0.1) is 11.3 Å². The Labute approximate surface area is 115 Å². The van der Waals surface area contributed by atoms with Crippen LogP contribution in [0.25, 0.3) is 0 Å². The van der Waals surface area contributed by atoms with Crippen LogP contribution in [0.4, 0.5) is 0 Å². The molecule has 18 heavy (non-hydrogen) atoms. The number of aliphatic hydroxyl groups is 1. The summed E-state index contributed by atoms with van der Waals surface area (Å²) in [6.07, 6.45) is -0.551. The average molecular weight is 281 g/mol. The van der Waals surface area contributed by atoms with Gasteiger partial charge in [-0.1, -0.05) is 29.8 Å². The third-order valence-corrected chi connectivity index (χ3v) is 4.91. The Balaban J connectivity index is 1.92. The van der Waals surface area contributed by atoms with Crippen molar-refractivity contribution >= 4 is 22.9 Å². The van der Waals surface area contributed by atoms with E-state index in [0.717, 1.165) is 26.1 Å². The maximum Gasteiger partial charge on any atom is 0.123 e. The van der Waals surface area contributed by atoms with Gasteiger partial charge in [0.05, 0.1) is 23.0 Å². The largest absolute Gasteiger partial charge is 0.493 e. The Morgan fingerprint density at radius 3 is 2.94 bits per heavy atom. The molecule has 2 aromatic rings. The molecule has 2 atom stereocenters. The van der Waals surface area contributed by atoms with Crippen molar-refractivity contribution < 1.29 is 9.84 Å². The van der Waals surface area contributed by atoms with Crippen LogP contribution in [-0.4, -0.2) is 11.7 Å². The number of halogens is 1. The van der Waals surface area contributed by atoms with Gasteiger partial charge in [0, 0.05) is 10.4 Å². The van der Waals surface area contributed by atoms with Crippen molar-refractivity contribution in [3.63, 3.8) is 0 Å². The zero-order chi connectivity index (χ0) is 12.7. The van der Waals surface area contributed by atoms with Crippen molar-refractivity contribution in [2.45, 2.75) is 18.9 Å². The van der Waals surface area contributed by atoms with Crippen molar-refractivity contribution in [3.05, 3.63) is 50.7 Å². The molecular weight excluding hydrogens is 268 g/mol. The number of benzene rings is 1. The van der Waals surface area contributed by atoms with Gasteiger partial charge in [0.15, 0.2) is 0 Å². The summed E-state index contributed by atoms with van der Waals surface area (Å²) in [5.74, 6) is 0.872. The number of aliphatic hydroxyl groups excluding tert-OH is 1. The van der Waals surface area contributed by atoms with Gasteiger partial charge < -0.3 is 9.84 Å². The maximum absolute atomic E-state index is 10.5.